The Bertz CT molecular complexity index is 2080. The summed E-state index contributed by atoms with van der Waals surface area (Å²) in [6.07, 6.45) is -9.74. The molecule has 2 aromatic carbocycles. The van der Waals surface area contributed by atoms with Crippen LogP contribution in [0.2, 0.25) is 0 Å². The van der Waals surface area contributed by atoms with Gasteiger partial charge in [-0.25, -0.2) is 13.6 Å². The Morgan fingerprint density at radius 2 is 1.61 bits per heavy atom. The van der Waals surface area contributed by atoms with E-state index in [1.165, 1.54) is 25.1 Å². The first kappa shape index (κ1) is 40.2. The fourth-order valence-corrected chi connectivity index (χ4v) is 6.56. The maximum Gasteiger partial charge on any atom is 0.449 e. The lowest BCUT2D eigenvalue weighted by Gasteiger charge is -2.36. The Morgan fingerprint density at radius 1 is 0.907 bits per heavy atom. The van der Waals surface area contributed by atoms with Crippen molar-refractivity contribution in [3.05, 3.63) is 120 Å². The van der Waals surface area contributed by atoms with E-state index < -0.39 is 77.2 Å². The molecule has 54 heavy (non-hydrogen) atoms. The van der Waals surface area contributed by atoms with Crippen molar-refractivity contribution in [2.24, 2.45) is 0 Å². The molecule has 0 bridgehead atoms. The van der Waals surface area contributed by atoms with Crippen molar-refractivity contribution in [1.82, 2.24) is 19.4 Å². The topological polar surface area (TPSA) is 113 Å². The number of piperazine rings is 1. The summed E-state index contributed by atoms with van der Waals surface area (Å²) in [6.45, 7) is 2.31. The van der Waals surface area contributed by atoms with Crippen LogP contribution in [0.15, 0.2) is 62.5 Å². The predicted molar refractivity (Wildman–Crippen MR) is 180 cm³/mol. The van der Waals surface area contributed by atoms with Crippen LogP contribution in [0.4, 0.5) is 40.8 Å². The zero-order valence-corrected chi connectivity index (χ0v) is 29.2. The number of furan rings is 1. The van der Waals surface area contributed by atoms with Crippen LogP contribution >= 0.6 is 0 Å². The predicted octanol–water partition coefficient (Wildman–Crippen LogP) is 6.10. The molecular formula is C36H37F8N5O5. The lowest BCUT2D eigenvalue weighted by atomic mass is 10.0. The van der Waals surface area contributed by atoms with Crippen molar-refractivity contribution >= 4 is 11.7 Å². The van der Waals surface area contributed by atoms with Crippen LogP contribution < -0.4 is 21.5 Å². The molecule has 1 aliphatic heterocycles. The number of nitrogens with one attached hydrogen (secondary N) is 1. The molecule has 4 aromatic rings. The van der Waals surface area contributed by atoms with E-state index in [-0.39, 0.29) is 69.3 Å². The summed E-state index contributed by atoms with van der Waals surface area (Å²) in [5, 5.41) is 12.2. The highest BCUT2D eigenvalue weighted by molar-refractivity contribution is 5.66. The van der Waals surface area contributed by atoms with E-state index in [4.69, 9.17) is 9.52 Å². The molecular weight excluding hydrogens is 734 g/mol. The van der Waals surface area contributed by atoms with E-state index in [1.807, 2.05) is 0 Å². The monoisotopic (exact) mass is 771 g/mol. The number of aryl methyl sites for hydroxylation is 1. The van der Waals surface area contributed by atoms with Gasteiger partial charge in [-0.3, -0.25) is 23.6 Å². The first-order valence-corrected chi connectivity index (χ1v) is 16.9. The minimum atomic E-state index is -4.99. The van der Waals surface area contributed by atoms with Gasteiger partial charge in [0.1, 0.15) is 23.1 Å². The molecule has 0 saturated carbocycles. The van der Waals surface area contributed by atoms with E-state index in [1.54, 1.807) is 22.8 Å². The minimum absolute atomic E-state index is 0.0163. The number of rotatable bonds is 13. The average molecular weight is 772 g/mol. The Kier molecular flexibility index (Phi) is 12.1. The van der Waals surface area contributed by atoms with Gasteiger partial charge in [0.2, 0.25) is 5.76 Å². The Balaban J connectivity index is 1.56. The Hall–Kier alpha value is -4.97. The summed E-state index contributed by atoms with van der Waals surface area (Å²) >= 11 is 0. The fraction of sp³-hybridized carbons (Fsp3) is 0.417. The molecule has 5 rings (SSSR count). The summed E-state index contributed by atoms with van der Waals surface area (Å²) in [7, 11) is 0. The molecule has 1 aliphatic rings. The van der Waals surface area contributed by atoms with Gasteiger partial charge in [0.05, 0.1) is 31.2 Å². The number of carbonyl (C=O) groups is 1. The lowest BCUT2D eigenvalue weighted by molar-refractivity contribution is -0.153. The van der Waals surface area contributed by atoms with E-state index in [2.05, 4.69) is 5.32 Å². The summed E-state index contributed by atoms with van der Waals surface area (Å²) in [5.41, 5.74) is -3.39. The minimum Gasteiger partial charge on any atom is -0.481 e. The van der Waals surface area contributed by atoms with Gasteiger partial charge in [-0.15, -0.1) is 0 Å². The van der Waals surface area contributed by atoms with Crippen molar-refractivity contribution in [3.8, 4) is 0 Å². The van der Waals surface area contributed by atoms with Crippen molar-refractivity contribution in [2.75, 3.05) is 37.6 Å². The Labute approximate surface area is 303 Å². The second-order valence-corrected chi connectivity index (χ2v) is 13.1. The molecule has 10 nitrogen and oxygen atoms in total. The van der Waals surface area contributed by atoms with Crippen LogP contribution in [0.25, 0.3) is 0 Å². The zero-order chi connectivity index (χ0) is 39.5. The SMILES string of the molecule is Cc1cc(F)cc([C@H](Cn2c(=O)c(N3CCN(Cc4ccc(C(F)(F)F)o4)CC3)c(C)n(Cc3c(F)cccc3C(F)(F)F)c2=O)NCCCC(=O)O)c1. The third-order valence-corrected chi connectivity index (χ3v) is 9.20. The highest BCUT2D eigenvalue weighted by Crippen LogP contribution is 2.34. The number of benzene rings is 2. The number of aromatic nitrogens is 2. The highest BCUT2D eigenvalue weighted by atomic mass is 19.4. The number of aliphatic carboxylic acids is 1. The molecule has 2 aromatic heterocycles. The number of alkyl halides is 6. The smallest absolute Gasteiger partial charge is 0.449 e. The molecule has 1 atom stereocenters. The van der Waals surface area contributed by atoms with Crippen LogP contribution in [0, 0.1) is 25.5 Å². The molecule has 0 aliphatic carbocycles. The van der Waals surface area contributed by atoms with Crippen LogP contribution in [0.3, 0.4) is 0 Å². The average Bonchev–Trinajstić information content (AvgIpc) is 3.56. The molecule has 3 heterocycles. The number of nitrogens with zero attached hydrogens (tertiary/aromatic N) is 4. The number of hydrogen-bond donors (Lipinski definition) is 2. The third kappa shape index (κ3) is 9.39. The van der Waals surface area contributed by atoms with Gasteiger partial charge in [0, 0.05) is 43.9 Å². The van der Waals surface area contributed by atoms with Gasteiger partial charge < -0.3 is 19.7 Å². The molecule has 0 unspecified atom stereocenters. The molecule has 0 radical (unpaired) electrons. The fourth-order valence-electron chi connectivity index (χ4n) is 6.56. The summed E-state index contributed by atoms with van der Waals surface area (Å²) in [6, 6.07) is 7.47. The van der Waals surface area contributed by atoms with Gasteiger partial charge in [0.15, 0.2) is 0 Å². The van der Waals surface area contributed by atoms with Gasteiger partial charge in [0.25, 0.3) is 5.56 Å². The number of carboxylic acid groups (broad SMARTS) is 1. The molecule has 18 heteroatoms. The molecule has 1 saturated heterocycles. The van der Waals surface area contributed by atoms with Crippen LogP contribution in [-0.2, 0) is 36.8 Å². The first-order valence-electron chi connectivity index (χ1n) is 16.9. The van der Waals surface area contributed by atoms with Crippen LogP contribution in [0.5, 0.6) is 0 Å². The van der Waals surface area contributed by atoms with Gasteiger partial charge in [-0.05, 0) is 74.3 Å². The molecule has 0 spiro atoms. The summed E-state index contributed by atoms with van der Waals surface area (Å²) in [4.78, 5) is 43.0. The van der Waals surface area contributed by atoms with Gasteiger partial charge in [-0.1, -0.05) is 12.1 Å². The van der Waals surface area contributed by atoms with Crippen LogP contribution in [0.1, 0.15) is 58.4 Å². The lowest BCUT2D eigenvalue weighted by Crippen LogP contribution is -2.51. The van der Waals surface area contributed by atoms with Gasteiger partial charge >= 0.3 is 24.0 Å². The summed E-state index contributed by atoms with van der Waals surface area (Å²) < 4.78 is 118. The quantitative estimate of drug-likeness (QED) is 0.124. The van der Waals surface area contributed by atoms with Gasteiger partial charge in [-0.2, -0.15) is 26.3 Å². The zero-order valence-electron chi connectivity index (χ0n) is 29.2. The number of carboxylic acids is 1. The van der Waals surface area contributed by atoms with Crippen molar-refractivity contribution in [2.45, 2.75) is 64.7 Å². The van der Waals surface area contributed by atoms with Crippen LogP contribution in [-0.4, -0.2) is 57.8 Å². The molecule has 2 N–H and O–H groups in total. The first-order chi connectivity index (χ1) is 25.3. The second kappa shape index (κ2) is 16.2. The van der Waals surface area contributed by atoms with E-state index >= 15 is 4.39 Å². The Morgan fingerprint density at radius 3 is 2.22 bits per heavy atom. The van der Waals surface area contributed by atoms with E-state index in [9.17, 15) is 45.1 Å². The maximum absolute atomic E-state index is 15.1. The number of halogens is 8. The van der Waals surface area contributed by atoms with Crippen molar-refractivity contribution < 1.29 is 49.4 Å². The number of anilines is 1. The second-order valence-electron chi connectivity index (χ2n) is 13.1. The highest BCUT2D eigenvalue weighted by Gasteiger charge is 2.36. The number of hydrogen-bond acceptors (Lipinski definition) is 7. The molecule has 292 valence electrons. The maximum atomic E-state index is 15.1. The summed E-state index contributed by atoms with van der Waals surface area (Å²) in [5.74, 6) is -4.02. The molecule has 0 amide bonds. The largest absolute Gasteiger partial charge is 0.481 e. The van der Waals surface area contributed by atoms with Crippen molar-refractivity contribution in [1.29, 1.82) is 0 Å². The van der Waals surface area contributed by atoms with E-state index in [0.717, 1.165) is 27.3 Å². The standard InChI is InChI=1S/C36H37F8N5O5/c1-21-15-23(17-24(37)16-21)29(45-10-4-7-31(50)51)20-49-33(52)32(47-13-11-46(12-14-47)18-25-8-9-30(54-25)36(42,43)44)22(2)48(34(49)53)19-26-27(35(39,40)41)5-3-6-28(26)38/h3,5-6,8-9,15-17,29,45H,4,7,10-14,18-20H2,1-2H3,(H,50,51)/t29-/m0/s1. The normalized spacial score (nSPS) is 14.8. The third-order valence-electron chi connectivity index (χ3n) is 9.20. The van der Waals surface area contributed by atoms with Crippen molar-refractivity contribution in [3.63, 3.8) is 0 Å². The molecule has 1 fully saturated rings. The van der Waals surface area contributed by atoms with E-state index in [0.29, 0.717) is 17.2 Å².